The molecule has 1 aromatic carbocycles. The summed E-state index contributed by atoms with van der Waals surface area (Å²) in [6.07, 6.45) is 1.11. The number of benzene rings is 1. The third-order valence-corrected chi connectivity index (χ3v) is 3.58. The van der Waals surface area contributed by atoms with Gasteiger partial charge in [-0.25, -0.2) is 0 Å². The van der Waals surface area contributed by atoms with Gasteiger partial charge >= 0.3 is 0 Å². The maximum atomic E-state index is 12.0. The van der Waals surface area contributed by atoms with Gasteiger partial charge in [-0.2, -0.15) is 0 Å². The molecule has 0 aliphatic heterocycles. The van der Waals surface area contributed by atoms with Crippen molar-refractivity contribution in [3.8, 4) is 0 Å². The van der Waals surface area contributed by atoms with Crippen LogP contribution in [-0.2, 0) is 4.79 Å². The van der Waals surface area contributed by atoms with Crippen molar-refractivity contribution in [1.82, 2.24) is 0 Å². The predicted octanol–water partition coefficient (Wildman–Crippen LogP) is 3.51. The Balaban J connectivity index is 2.71. The monoisotopic (exact) mass is 262 g/mol. The minimum Gasteiger partial charge on any atom is -0.325 e. The number of hydrogen-bond acceptors (Lipinski definition) is 2. The highest BCUT2D eigenvalue weighted by Crippen LogP contribution is 2.22. The number of hydrogen-bond donors (Lipinski definition) is 2. The Hall–Kier alpha value is -1.35. The van der Waals surface area contributed by atoms with E-state index in [2.05, 4.69) is 31.3 Å². The molecule has 0 aromatic heterocycles. The lowest BCUT2D eigenvalue weighted by atomic mass is 9.87. The fourth-order valence-electron chi connectivity index (χ4n) is 1.74. The number of anilines is 1. The molecule has 19 heavy (non-hydrogen) atoms. The van der Waals surface area contributed by atoms with Gasteiger partial charge < -0.3 is 11.1 Å². The number of rotatable bonds is 4. The molecule has 0 spiro atoms. The first-order chi connectivity index (χ1) is 8.75. The molecule has 0 saturated carbocycles. The Morgan fingerprint density at radius 3 is 2.21 bits per heavy atom. The van der Waals surface area contributed by atoms with Crippen molar-refractivity contribution < 1.29 is 4.79 Å². The van der Waals surface area contributed by atoms with Crippen molar-refractivity contribution in [3.63, 3.8) is 0 Å². The summed E-state index contributed by atoms with van der Waals surface area (Å²) >= 11 is 0. The van der Waals surface area contributed by atoms with Gasteiger partial charge in [0.05, 0.1) is 6.04 Å². The quantitative estimate of drug-likeness (QED) is 0.872. The maximum absolute atomic E-state index is 12.0. The molecule has 1 amide bonds. The van der Waals surface area contributed by atoms with E-state index in [1.807, 2.05) is 32.9 Å². The summed E-state index contributed by atoms with van der Waals surface area (Å²) in [7, 11) is 0. The van der Waals surface area contributed by atoms with Crippen LogP contribution in [0.1, 0.15) is 52.5 Å². The SMILES string of the molecule is CCC(C)c1ccc(NC(=O)[C@@H](N)C(C)(C)C)cc1. The summed E-state index contributed by atoms with van der Waals surface area (Å²) in [4.78, 5) is 12.0. The lowest BCUT2D eigenvalue weighted by Gasteiger charge is -2.25. The van der Waals surface area contributed by atoms with Gasteiger partial charge in [-0.3, -0.25) is 4.79 Å². The largest absolute Gasteiger partial charge is 0.325 e. The molecule has 0 fully saturated rings. The molecular formula is C16H26N2O. The molecule has 0 aliphatic carbocycles. The van der Waals surface area contributed by atoms with Crippen molar-refractivity contribution in [1.29, 1.82) is 0 Å². The predicted molar refractivity (Wildman–Crippen MR) is 81.2 cm³/mol. The lowest BCUT2D eigenvalue weighted by molar-refractivity contribution is -0.119. The van der Waals surface area contributed by atoms with Crippen LogP contribution in [0.5, 0.6) is 0 Å². The van der Waals surface area contributed by atoms with E-state index in [9.17, 15) is 4.79 Å². The van der Waals surface area contributed by atoms with Gasteiger partial charge in [0.15, 0.2) is 0 Å². The molecule has 3 nitrogen and oxygen atoms in total. The first kappa shape index (κ1) is 15.7. The average molecular weight is 262 g/mol. The Labute approximate surface area is 116 Å². The summed E-state index contributed by atoms with van der Waals surface area (Å²) in [6.45, 7) is 10.3. The lowest BCUT2D eigenvalue weighted by Crippen LogP contribution is -2.45. The van der Waals surface area contributed by atoms with Gasteiger partial charge in [0.1, 0.15) is 0 Å². The van der Waals surface area contributed by atoms with Gasteiger partial charge in [-0.15, -0.1) is 0 Å². The Kier molecular flexibility index (Phi) is 5.12. The van der Waals surface area contributed by atoms with Crippen molar-refractivity contribution in [2.75, 3.05) is 5.32 Å². The van der Waals surface area contributed by atoms with E-state index in [0.29, 0.717) is 5.92 Å². The number of amides is 1. The summed E-state index contributed by atoms with van der Waals surface area (Å²) in [5.41, 5.74) is 7.79. The second kappa shape index (κ2) is 6.20. The fourth-order valence-corrected chi connectivity index (χ4v) is 1.74. The summed E-state index contributed by atoms with van der Waals surface area (Å²) < 4.78 is 0. The highest BCUT2D eigenvalue weighted by Gasteiger charge is 2.27. The zero-order chi connectivity index (χ0) is 14.6. The standard InChI is InChI=1S/C16H26N2O/c1-6-11(2)12-7-9-13(10-8-12)18-15(19)14(17)16(3,4)5/h7-11,14H,6,17H2,1-5H3,(H,18,19)/t11?,14-/m1/s1. The zero-order valence-electron chi connectivity index (χ0n) is 12.7. The van der Waals surface area contributed by atoms with Gasteiger partial charge in [0, 0.05) is 5.69 Å². The zero-order valence-corrected chi connectivity index (χ0v) is 12.7. The van der Waals surface area contributed by atoms with Crippen LogP contribution in [0, 0.1) is 5.41 Å². The molecular weight excluding hydrogens is 236 g/mol. The van der Waals surface area contributed by atoms with Crippen molar-refractivity contribution in [2.45, 2.75) is 53.0 Å². The van der Waals surface area contributed by atoms with Crippen LogP contribution in [0.15, 0.2) is 24.3 Å². The second-order valence-electron chi connectivity index (χ2n) is 6.26. The number of carbonyl (C=O) groups excluding carboxylic acids is 1. The van der Waals surface area contributed by atoms with Crippen LogP contribution in [0.2, 0.25) is 0 Å². The average Bonchev–Trinajstić information content (AvgIpc) is 2.36. The van der Waals surface area contributed by atoms with E-state index < -0.39 is 6.04 Å². The highest BCUT2D eigenvalue weighted by atomic mass is 16.2. The number of nitrogens with two attached hydrogens (primary N) is 1. The van der Waals surface area contributed by atoms with E-state index in [0.717, 1.165) is 12.1 Å². The minimum atomic E-state index is -0.512. The Morgan fingerprint density at radius 1 is 1.26 bits per heavy atom. The fraction of sp³-hybridized carbons (Fsp3) is 0.562. The van der Waals surface area contributed by atoms with Crippen LogP contribution in [0.25, 0.3) is 0 Å². The van der Waals surface area contributed by atoms with Crippen LogP contribution >= 0.6 is 0 Å². The molecule has 2 atom stereocenters. The van der Waals surface area contributed by atoms with Crippen LogP contribution in [0.3, 0.4) is 0 Å². The van der Waals surface area contributed by atoms with Crippen LogP contribution in [0.4, 0.5) is 5.69 Å². The van der Waals surface area contributed by atoms with E-state index in [1.54, 1.807) is 0 Å². The molecule has 106 valence electrons. The molecule has 0 saturated heterocycles. The summed E-state index contributed by atoms with van der Waals surface area (Å²) in [6, 6.07) is 7.49. The third kappa shape index (κ3) is 4.35. The normalized spacial score (nSPS) is 14.8. The molecule has 0 aliphatic rings. The van der Waals surface area contributed by atoms with Crippen molar-refractivity contribution in [3.05, 3.63) is 29.8 Å². The van der Waals surface area contributed by atoms with Gasteiger partial charge in [0.2, 0.25) is 5.91 Å². The molecule has 3 heteroatoms. The third-order valence-electron chi connectivity index (χ3n) is 3.58. The molecule has 0 heterocycles. The first-order valence-corrected chi connectivity index (χ1v) is 6.92. The maximum Gasteiger partial charge on any atom is 0.241 e. The molecule has 3 N–H and O–H groups in total. The first-order valence-electron chi connectivity index (χ1n) is 6.92. The van der Waals surface area contributed by atoms with Gasteiger partial charge in [-0.05, 0) is 35.4 Å². The highest BCUT2D eigenvalue weighted by molar-refractivity contribution is 5.95. The van der Waals surface area contributed by atoms with E-state index in [4.69, 9.17) is 5.73 Å². The number of nitrogens with one attached hydrogen (secondary N) is 1. The molecule has 1 unspecified atom stereocenters. The van der Waals surface area contributed by atoms with Gasteiger partial charge in [0.25, 0.3) is 0 Å². The second-order valence-corrected chi connectivity index (χ2v) is 6.26. The Morgan fingerprint density at radius 2 is 1.79 bits per heavy atom. The van der Waals surface area contributed by atoms with Crippen LogP contribution < -0.4 is 11.1 Å². The van der Waals surface area contributed by atoms with Crippen molar-refractivity contribution >= 4 is 11.6 Å². The summed E-state index contributed by atoms with van der Waals surface area (Å²) in [5.74, 6) is 0.408. The van der Waals surface area contributed by atoms with E-state index >= 15 is 0 Å². The number of carbonyl (C=O) groups is 1. The molecule has 1 aromatic rings. The van der Waals surface area contributed by atoms with Crippen LogP contribution in [-0.4, -0.2) is 11.9 Å². The molecule has 0 bridgehead atoms. The van der Waals surface area contributed by atoms with Gasteiger partial charge in [-0.1, -0.05) is 46.8 Å². The topological polar surface area (TPSA) is 55.1 Å². The minimum absolute atomic E-state index is 0.135. The summed E-state index contributed by atoms with van der Waals surface area (Å²) in [5, 5.41) is 2.87. The molecule has 0 radical (unpaired) electrons. The smallest absolute Gasteiger partial charge is 0.241 e. The molecule has 1 rings (SSSR count). The van der Waals surface area contributed by atoms with E-state index in [1.165, 1.54) is 5.56 Å². The Bertz CT molecular complexity index is 417. The van der Waals surface area contributed by atoms with Crippen molar-refractivity contribution in [2.24, 2.45) is 11.1 Å². The van der Waals surface area contributed by atoms with E-state index in [-0.39, 0.29) is 11.3 Å².